The number of hydrogen-bond acceptors (Lipinski definition) is 5. The minimum atomic E-state index is -4.80. The Hall–Kier alpha value is -1.51. The van der Waals surface area contributed by atoms with E-state index in [1.165, 1.54) is 5.51 Å². The Kier molecular flexibility index (Phi) is 1.77. The van der Waals surface area contributed by atoms with Crippen LogP contribution in [0.3, 0.4) is 0 Å². The van der Waals surface area contributed by atoms with Crippen molar-refractivity contribution in [2.75, 3.05) is 0 Å². The fraction of sp³-hybridized carbons (Fsp3) is 0.200. The maximum Gasteiger partial charge on any atom is 0.440 e. The van der Waals surface area contributed by atoms with Gasteiger partial charge in [-0.05, 0) is 0 Å². The molecule has 5 nitrogen and oxygen atoms in total. The fourth-order valence-electron chi connectivity index (χ4n) is 0.836. The van der Waals surface area contributed by atoms with Crippen molar-refractivity contribution in [1.29, 1.82) is 0 Å². The third kappa shape index (κ3) is 1.25. The lowest BCUT2D eigenvalue weighted by Crippen LogP contribution is -2.28. The average Bonchev–Trinajstić information content (AvgIpc) is 2.50. The first kappa shape index (κ1) is 9.06. The first-order valence-corrected chi connectivity index (χ1v) is 4.14. The van der Waals surface area contributed by atoms with E-state index in [1.807, 2.05) is 0 Å². The third-order valence-electron chi connectivity index (χ3n) is 1.40. The van der Waals surface area contributed by atoms with Gasteiger partial charge in [0.05, 0.1) is 0 Å². The van der Waals surface area contributed by atoms with Gasteiger partial charge in [0, 0.05) is 0 Å². The Labute approximate surface area is 77.8 Å². The van der Waals surface area contributed by atoms with Gasteiger partial charge in [-0.15, -0.1) is 10.2 Å². The zero-order chi connectivity index (χ0) is 10.3. The van der Waals surface area contributed by atoms with Gasteiger partial charge < -0.3 is 0 Å². The molecule has 0 fully saturated rings. The minimum Gasteiger partial charge on any atom is -0.265 e. The summed E-state index contributed by atoms with van der Waals surface area (Å²) in [5.74, 6) is 0. The van der Waals surface area contributed by atoms with Crippen LogP contribution in [0.15, 0.2) is 10.3 Å². The predicted molar refractivity (Wildman–Crippen MR) is 39.9 cm³/mol. The highest BCUT2D eigenvalue weighted by atomic mass is 32.1. The molecule has 0 unspecified atom stereocenters. The van der Waals surface area contributed by atoms with Crippen molar-refractivity contribution < 1.29 is 13.2 Å². The van der Waals surface area contributed by atoms with Gasteiger partial charge in [0.25, 0.3) is 0 Å². The average molecular weight is 222 g/mol. The molecule has 9 heteroatoms. The quantitative estimate of drug-likeness (QED) is 0.653. The first-order valence-electron chi connectivity index (χ1n) is 3.26. The molecule has 0 aliphatic heterocycles. The normalized spacial score (nSPS) is 12.2. The van der Waals surface area contributed by atoms with Gasteiger partial charge in [0.15, 0.2) is 0 Å². The number of halogens is 3. The Bertz CT molecular complexity index is 529. The monoisotopic (exact) mass is 222 g/mol. The highest BCUT2D eigenvalue weighted by molar-refractivity contribution is 7.14. The van der Waals surface area contributed by atoms with E-state index in [0.29, 0.717) is 4.52 Å². The van der Waals surface area contributed by atoms with Crippen molar-refractivity contribution in [3.8, 4) is 0 Å². The van der Waals surface area contributed by atoms with Gasteiger partial charge in [0.2, 0.25) is 10.7 Å². The SMILES string of the molecule is O=c1c(C(F)(F)F)nnc2scnn12. The van der Waals surface area contributed by atoms with E-state index < -0.39 is 17.4 Å². The lowest BCUT2D eigenvalue weighted by Gasteiger charge is -2.01. The van der Waals surface area contributed by atoms with E-state index in [9.17, 15) is 18.0 Å². The van der Waals surface area contributed by atoms with Crippen molar-refractivity contribution >= 4 is 16.3 Å². The molecule has 0 aliphatic rings. The van der Waals surface area contributed by atoms with Gasteiger partial charge >= 0.3 is 11.7 Å². The molecule has 2 rings (SSSR count). The third-order valence-corrected chi connectivity index (χ3v) is 2.07. The van der Waals surface area contributed by atoms with Crippen LogP contribution in [0.25, 0.3) is 4.96 Å². The summed E-state index contributed by atoms with van der Waals surface area (Å²) in [5.41, 5.74) is -1.64. The van der Waals surface area contributed by atoms with Crippen LogP contribution in [0.2, 0.25) is 0 Å². The van der Waals surface area contributed by atoms with Gasteiger partial charge in [-0.2, -0.15) is 22.8 Å². The number of rotatable bonds is 0. The number of alkyl halides is 3. The van der Waals surface area contributed by atoms with Crippen LogP contribution in [-0.4, -0.2) is 19.8 Å². The summed E-state index contributed by atoms with van der Waals surface area (Å²) >= 11 is 0.932. The largest absolute Gasteiger partial charge is 0.440 e. The maximum absolute atomic E-state index is 12.1. The zero-order valence-electron chi connectivity index (χ0n) is 6.32. The number of nitrogens with zero attached hydrogens (tertiary/aromatic N) is 4. The molecule has 0 saturated carbocycles. The topological polar surface area (TPSA) is 60.2 Å². The number of hydrogen-bond donors (Lipinski definition) is 0. The van der Waals surface area contributed by atoms with Crippen LogP contribution in [-0.2, 0) is 6.18 Å². The summed E-state index contributed by atoms with van der Waals surface area (Å²) in [6.07, 6.45) is -4.80. The molecule has 2 aromatic heterocycles. The second-order valence-electron chi connectivity index (χ2n) is 2.28. The smallest absolute Gasteiger partial charge is 0.265 e. The molecule has 0 N–H and O–H groups in total. The van der Waals surface area contributed by atoms with E-state index in [0.717, 1.165) is 11.3 Å². The van der Waals surface area contributed by atoms with Crippen molar-refractivity contribution in [3.63, 3.8) is 0 Å². The summed E-state index contributed by atoms with van der Waals surface area (Å²) in [4.78, 5) is 11.2. The lowest BCUT2D eigenvalue weighted by atomic mass is 10.4. The highest BCUT2D eigenvalue weighted by Crippen LogP contribution is 2.24. The van der Waals surface area contributed by atoms with Crippen LogP contribution in [0, 0.1) is 0 Å². The van der Waals surface area contributed by atoms with Crippen LogP contribution in [0.1, 0.15) is 5.69 Å². The second kappa shape index (κ2) is 2.74. The molecule has 0 radical (unpaired) electrons. The van der Waals surface area contributed by atoms with Gasteiger partial charge in [0.1, 0.15) is 5.51 Å². The molecule has 0 saturated heterocycles. The Balaban J connectivity index is 2.81. The Morgan fingerprint density at radius 3 is 2.71 bits per heavy atom. The molecule has 74 valence electrons. The summed E-state index contributed by atoms with van der Waals surface area (Å²) in [6, 6.07) is 0. The molecule has 2 aromatic rings. The predicted octanol–water partition coefficient (Wildman–Crippen LogP) is 0.565. The second-order valence-corrected chi connectivity index (χ2v) is 3.10. The van der Waals surface area contributed by atoms with Gasteiger partial charge in [-0.3, -0.25) is 4.79 Å². The van der Waals surface area contributed by atoms with Crippen molar-refractivity contribution in [2.45, 2.75) is 6.18 Å². The molecule has 0 aromatic carbocycles. The fourth-order valence-corrected chi connectivity index (χ4v) is 1.39. The summed E-state index contributed by atoms with van der Waals surface area (Å²) in [5, 5.41) is 9.44. The van der Waals surface area contributed by atoms with E-state index in [-0.39, 0.29) is 4.96 Å². The standard InChI is InChI=1S/C5HF3N4OS/c6-5(7,8)2-3(13)12-4(11-10-2)14-1-9-12/h1H. The van der Waals surface area contributed by atoms with Crippen LogP contribution in [0.5, 0.6) is 0 Å². The summed E-state index contributed by atoms with van der Waals surface area (Å²) in [6.45, 7) is 0. The van der Waals surface area contributed by atoms with Crippen molar-refractivity contribution in [3.05, 3.63) is 21.6 Å². The minimum absolute atomic E-state index is 0.0306. The van der Waals surface area contributed by atoms with Crippen LogP contribution in [0.4, 0.5) is 13.2 Å². The number of aromatic nitrogens is 4. The molecule has 2 heterocycles. The molecule has 0 spiro atoms. The Morgan fingerprint density at radius 1 is 1.36 bits per heavy atom. The zero-order valence-corrected chi connectivity index (χ0v) is 7.13. The van der Waals surface area contributed by atoms with E-state index >= 15 is 0 Å². The molecular formula is C5HF3N4OS. The molecular weight excluding hydrogens is 221 g/mol. The first-order chi connectivity index (χ1) is 6.50. The lowest BCUT2D eigenvalue weighted by molar-refractivity contribution is -0.143. The number of fused-ring (bicyclic) bond motifs is 1. The highest BCUT2D eigenvalue weighted by Gasteiger charge is 2.37. The van der Waals surface area contributed by atoms with Crippen molar-refractivity contribution in [2.24, 2.45) is 0 Å². The molecule has 0 bridgehead atoms. The molecule has 0 atom stereocenters. The molecule has 14 heavy (non-hydrogen) atoms. The molecule has 0 aliphatic carbocycles. The van der Waals surface area contributed by atoms with Gasteiger partial charge in [-0.25, -0.2) is 0 Å². The van der Waals surface area contributed by atoms with E-state index in [2.05, 4.69) is 15.3 Å². The van der Waals surface area contributed by atoms with Crippen LogP contribution < -0.4 is 5.56 Å². The van der Waals surface area contributed by atoms with Gasteiger partial charge in [-0.1, -0.05) is 11.3 Å². The summed E-state index contributed by atoms with van der Waals surface area (Å²) in [7, 11) is 0. The van der Waals surface area contributed by atoms with E-state index in [1.54, 1.807) is 0 Å². The van der Waals surface area contributed by atoms with Crippen LogP contribution >= 0.6 is 11.3 Å². The molecule has 0 amide bonds. The summed E-state index contributed by atoms with van der Waals surface area (Å²) < 4.78 is 37.0. The maximum atomic E-state index is 12.1. The van der Waals surface area contributed by atoms with Crippen molar-refractivity contribution in [1.82, 2.24) is 19.8 Å². The Morgan fingerprint density at radius 2 is 2.07 bits per heavy atom. The van der Waals surface area contributed by atoms with E-state index in [4.69, 9.17) is 0 Å².